The second-order valence-corrected chi connectivity index (χ2v) is 6.27. The lowest BCUT2D eigenvalue weighted by atomic mass is 10.2. The molecule has 2 rings (SSSR count). The van der Waals surface area contributed by atoms with Gasteiger partial charge in [0.2, 0.25) is 0 Å². The van der Waals surface area contributed by atoms with E-state index in [1.54, 1.807) is 7.05 Å². The van der Waals surface area contributed by atoms with Crippen molar-refractivity contribution in [2.75, 3.05) is 33.9 Å². The Morgan fingerprint density at radius 1 is 1.45 bits per heavy atom. The fourth-order valence-electron chi connectivity index (χ4n) is 2.28. The predicted octanol–water partition coefficient (Wildman–Crippen LogP) is 3.16. The minimum Gasteiger partial charge on any atom is -0.381 e. The van der Waals surface area contributed by atoms with Gasteiger partial charge < -0.3 is 15.0 Å². The van der Waals surface area contributed by atoms with Crippen LogP contribution in [0.4, 0.5) is 0 Å². The number of nitrogens with zero attached hydrogens (tertiary/aromatic N) is 2. The summed E-state index contributed by atoms with van der Waals surface area (Å²) < 4.78 is 5.63. The van der Waals surface area contributed by atoms with E-state index in [2.05, 4.69) is 21.3 Å². The molecule has 5 heteroatoms. The lowest BCUT2D eigenvalue weighted by molar-refractivity contribution is 0.122. The number of nitrogens with one attached hydrogen (secondary N) is 1. The Hall–Kier alpha value is -1.26. The van der Waals surface area contributed by atoms with Gasteiger partial charge in [0.1, 0.15) is 0 Å². The molecular formula is C17H26ClN3O. The Balaban J connectivity index is 1.66. The van der Waals surface area contributed by atoms with Crippen LogP contribution in [0.3, 0.4) is 0 Å². The van der Waals surface area contributed by atoms with E-state index in [0.29, 0.717) is 0 Å². The molecule has 0 amide bonds. The number of halogens is 1. The largest absolute Gasteiger partial charge is 0.381 e. The van der Waals surface area contributed by atoms with Crippen LogP contribution in [0.1, 0.15) is 24.8 Å². The molecule has 0 radical (unpaired) electrons. The van der Waals surface area contributed by atoms with Crippen LogP contribution in [0.25, 0.3) is 0 Å². The molecule has 1 aromatic rings. The van der Waals surface area contributed by atoms with E-state index < -0.39 is 0 Å². The highest BCUT2D eigenvalue weighted by Gasteiger charge is 2.20. The minimum absolute atomic E-state index is 0.765. The van der Waals surface area contributed by atoms with Gasteiger partial charge in [-0.15, -0.1) is 0 Å². The molecule has 0 saturated heterocycles. The van der Waals surface area contributed by atoms with Gasteiger partial charge in [0, 0.05) is 45.4 Å². The SMILES string of the molecule is CN=C(NCCCOCC1CC1)N(C)Cc1cccc(Cl)c1. The van der Waals surface area contributed by atoms with E-state index in [4.69, 9.17) is 16.3 Å². The van der Waals surface area contributed by atoms with Crippen LogP contribution in [-0.4, -0.2) is 44.7 Å². The monoisotopic (exact) mass is 323 g/mol. The molecular weight excluding hydrogens is 298 g/mol. The smallest absolute Gasteiger partial charge is 0.193 e. The number of hydrogen-bond acceptors (Lipinski definition) is 2. The maximum absolute atomic E-state index is 6.02. The molecule has 122 valence electrons. The highest BCUT2D eigenvalue weighted by atomic mass is 35.5. The molecule has 1 saturated carbocycles. The Kier molecular flexibility index (Phi) is 7.00. The molecule has 0 unspecified atom stereocenters. The standard InChI is InChI=1S/C17H26ClN3O/c1-19-17(20-9-4-10-22-13-14-7-8-14)21(2)12-15-5-3-6-16(18)11-15/h3,5-6,11,14H,4,7-10,12-13H2,1-2H3,(H,19,20). The summed E-state index contributed by atoms with van der Waals surface area (Å²) in [6, 6.07) is 7.91. The Bertz CT molecular complexity index is 489. The third-order valence-corrected chi connectivity index (χ3v) is 3.92. The van der Waals surface area contributed by atoms with Gasteiger partial charge in [-0.25, -0.2) is 0 Å². The third-order valence-electron chi connectivity index (χ3n) is 3.68. The Morgan fingerprint density at radius 2 is 2.27 bits per heavy atom. The topological polar surface area (TPSA) is 36.9 Å². The van der Waals surface area contributed by atoms with Crippen molar-refractivity contribution < 1.29 is 4.74 Å². The third kappa shape index (κ3) is 6.24. The number of hydrogen-bond donors (Lipinski definition) is 1. The van der Waals surface area contributed by atoms with Crippen molar-refractivity contribution >= 4 is 17.6 Å². The summed E-state index contributed by atoms with van der Waals surface area (Å²) >= 11 is 6.02. The summed E-state index contributed by atoms with van der Waals surface area (Å²) in [6.45, 7) is 3.40. The van der Waals surface area contributed by atoms with Crippen molar-refractivity contribution in [3.05, 3.63) is 34.9 Å². The minimum atomic E-state index is 0.765. The summed E-state index contributed by atoms with van der Waals surface area (Å²) in [5.74, 6) is 1.73. The van der Waals surface area contributed by atoms with Crippen LogP contribution in [0.15, 0.2) is 29.3 Å². The van der Waals surface area contributed by atoms with Gasteiger partial charge in [-0.3, -0.25) is 4.99 Å². The zero-order valence-electron chi connectivity index (χ0n) is 13.5. The first-order valence-corrected chi connectivity index (χ1v) is 8.31. The first-order chi connectivity index (χ1) is 10.7. The normalized spacial score (nSPS) is 15.0. The molecule has 0 aromatic heterocycles. The summed E-state index contributed by atoms with van der Waals surface area (Å²) in [5, 5.41) is 4.14. The first kappa shape index (κ1) is 17.1. The Morgan fingerprint density at radius 3 is 2.95 bits per heavy atom. The van der Waals surface area contributed by atoms with Crippen LogP contribution in [0, 0.1) is 5.92 Å². The highest BCUT2D eigenvalue weighted by molar-refractivity contribution is 6.30. The molecule has 1 aliphatic rings. The average molecular weight is 324 g/mol. The van der Waals surface area contributed by atoms with Gasteiger partial charge in [0.05, 0.1) is 0 Å². The van der Waals surface area contributed by atoms with Crippen molar-refractivity contribution in [2.45, 2.75) is 25.8 Å². The lowest BCUT2D eigenvalue weighted by Crippen LogP contribution is -2.39. The number of benzene rings is 1. The number of aliphatic imine (C=N–C) groups is 1. The maximum atomic E-state index is 6.02. The molecule has 0 heterocycles. The summed E-state index contributed by atoms with van der Waals surface area (Å²) in [6.07, 6.45) is 3.69. The van der Waals surface area contributed by atoms with Crippen molar-refractivity contribution in [2.24, 2.45) is 10.9 Å². The van der Waals surface area contributed by atoms with Crippen LogP contribution in [0.2, 0.25) is 5.02 Å². The van der Waals surface area contributed by atoms with Gasteiger partial charge in [-0.2, -0.15) is 0 Å². The molecule has 0 atom stereocenters. The van der Waals surface area contributed by atoms with E-state index in [1.807, 2.05) is 25.2 Å². The van der Waals surface area contributed by atoms with Crippen molar-refractivity contribution in [1.82, 2.24) is 10.2 Å². The van der Waals surface area contributed by atoms with Crippen molar-refractivity contribution in [1.29, 1.82) is 0 Å². The molecule has 0 spiro atoms. The van der Waals surface area contributed by atoms with Crippen molar-refractivity contribution in [3.8, 4) is 0 Å². The van der Waals surface area contributed by atoms with Crippen LogP contribution in [-0.2, 0) is 11.3 Å². The molecule has 0 aliphatic heterocycles. The van der Waals surface area contributed by atoms with Crippen LogP contribution in [0.5, 0.6) is 0 Å². The highest BCUT2D eigenvalue weighted by Crippen LogP contribution is 2.28. The summed E-state index contributed by atoms with van der Waals surface area (Å²) in [4.78, 5) is 6.41. The first-order valence-electron chi connectivity index (χ1n) is 7.93. The molecule has 0 bridgehead atoms. The zero-order valence-corrected chi connectivity index (χ0v) is 14.3. The molecule has 22 heavy (non-hydrogen) atoms. The lowest BCUT2D eigenvalue weighted by Gasteiger charge is -2.22. The molecule has 1 aliphatic carbocycles. The summed E-state index contributed by atoms with van der Waals surface area (Å²) in [5.41, 5.74) is 1.17. The predicted molar refractivity (Wildman–Crippen MR) is 92.4 cm³/mol. The molecule has 1 fully saturated rings. The van der Waals surface area contributed by atoms with Gasteiger partial charge in [-0.1, -0.05) is 23.7 Å². The zero-order chi connectivity index (χ0) is 15.8. The molecule has 1 N–H and O–H groups in total. The second-order valence-electron chi connectivity index (χ2n) is 5.83. The summed E-state index contributed by atoms with van der Waals surface area (Å²) in [7, 11) is 3.83. The second kappa shape index (κ2) is 9.01. The van der Waals surface area contributed by atoms with E-state index in [0.717, 1.165) is 49.6 Å². The van der Waals surface area contributed by atoms with Crippen LogP contribution < -0.4 is 5.32 Å². The van der Waals surface area contributed by atoms with E-state index in [1.165, 1.54) is 18.4 Å². The number of rotatable bonds is 8. The van der Waals surface area contributed by atoms with E-state index in [9.17, 15) is 0 Å². The van der Waals surface area contributed by atoms with Gasteiger partial charge in [-0.05, 0) is 42.9 Å². The van der Waals surface area contributed by atoms with Crippen LogP contribution >= 0.6 is 11.6 Å². The number of ether oxygens (including phenoxy) is 1. The van der Waals surface area contributed by atoms with Crippen molar-refractivity contribution in [3.63, 3.8) is 0 Å². The fraction of sp³-hybridized carbons (Fsp3) is 0.588. The van der Waals surface area contributed by atoms with E-state index in [-0.39, 0.29) is 0 Å². The average Bonchev–Trinajstić information content (AvgIpc) is 3.30. The quantitative estimate of drug-likeness (QED) is 0.453. The van der Waals surface area contributed by atoms with Gasteiger partial charge in [0.15, 0.2) is 5.96 Å². The van der Waals surface area contributed by atoms with Gasteiger partial charge >= 0.3 is 0 Å². The number of guanidine groups is 1. The molecule has 4 nitrogen and oxygen atoms in total. The Labute approximate surface area is 138 Å². The maximum Gasteiger partial charge on any atom is 0.193 e. The fourth-order valence-corrected chi connectivity index (χ4v) is 2.49. The van der Waals surface area contributed by atoms with Gasteiger partial charge in [0.25, 0.3) is 0 Å². The van der Waals surface area contributed by atoms with E-state index >= 15 is 0 Å². The molecule has 1 aromatic carbocycles.